The van der Waals surface area contributed by atoms with E-state index in [-0.39, 0.29) is 12.5 Å². The van der Waals surface area contributed by atoms with Gasteiger partial charge in [-0.25, -0.2) is 4.98 Å². The number of benzene rings is 1. The van der Waals surface area contributed by atoms with Crippen molar-refractivity contribution >= 4 is 17.7 Å². The minimum absolute atomic E-state index is 0.0112. The van der Waals surface area contributed by atoms with Crippen molar-refractivity contribution in [2.45, 2.75) is 13.8 Å². The van der Waals surface area contributed by atoms with Gasteiger partial charge >= 0.3 is 0 Å². The lowest BCUT2D eigenvalue weighted by Crippen LogP contribution is -2.50. The van der Waals surface area contributed by atoms with Crippen molar-refractivity contribution in [3.8, 4) is 5.75 Å². The molecule has 30 heavy (non-hydrogen) atoms. The maximum Gasteiger partial charge on any atom is 0.260 e. The molecule has 0 unspecified atom stereocenters. The van der Waals surface area contributed by atoms with E-state index in [0.717, 1.165) is 55.1 Å². The predicted molar refractivity (Wildman–Crippen MR) is 115 cm³/mol. The Hall–Kier alpha value is -2.87. The van der Waals surface area contributed by atoms with Crippen molar-refractivity contribution in [3.05, 3.63) is 41.6 Å². The molecule has 1 aromatic carbocycles. The Bertz CT molecular complexity index is 877. The van der Waals surface area contributed by atoms with Crippen molar-refractivity contribution in [3.63, 3.8) is 0 Å². The van der Waals surface area contributed by atoms with Crippen LogP contribution in [0.2, 0.25) is 0 Å². The maximum atomic E-state index is 12.6. The number of nitrogens with zero attached hydrogens (tertiary/aromatic N) is 5. The molecule has 1 aromatic heterocycles. The number of carbonyl (C=O) groups is 1. The Morgan fingerprint density at radius 1 is 1.00 bits per heavy atom. The number of ether oxygens (including phenoxy) is 2. The summed E-state index contributed by atoms with van der Waals surface area (Å²) in [6.07, 6.45) is 0. The Labute approximate surface area is 177 Å². The van der Waals surface area contributed by atoms with Crippen molar-refractivity contribution in [2.24, 2.45) is 0 Å². The molecular formula is C22H29N5O3. The quantitative estimate of drug-likeness (QED) is 0.741. The number of aromatic nitrogens is 2. The Kier molecular flexibility index (Phi) is 6.32. The minimum Gasteiger partial charge on any atom is -0.484 e. The van der Waals surface area contributed by atoms with Crippen molar-refractivity contribution in [1.29, 1.82) is 0 Å². The molecule has 8 heteroatoms. The summed E-state index contributed by atoms with van der Waals surface area (Å²) >= 11 is 0. The number of carbonyl (C=O) groups excluding carboxylic acids is 1. The lowest BCUT2D eigenvalue weighted by Gasteiger charge is -2.35. The third-order valence-electron chi connectivity index (χ3n) is 5.52. The van der Waals surface area contributed by atoms with Crippen LogP contribution in [0.15, 0.2) is 30.3 Å². The third kappa shape index (κ3) is 4.81. The first-order valence-electron chi connectivity index (χ1n) is 10.5. The summed E-state index contributed by atoms with van der Waals surface area (Å²) in [5.74, 6) is 2.45. The number of anilines is 2. The van der Waals surface area contributed by atoms with Crippen LogP contribution in [0.3, 0.4) is 0 Å². The van der Waals surface area contributed by atoms with Gasteiger partial charge in [0.25, 0.3) is 5.91 Å². The second-order valence-corrected chi connectivity index (χ2v) is 7.69. The maximum absolute atomic E-state index is 12.6. The average molecular weight is 412 g/mol. The number of hydrogen-bond acceptors (Lipinski definition) is 7. The van der Waals surface area contributed by atoms with Gasteiger partial charge in [0.1, 0.15) is 11.6 Å². The molecule has 160 valence electrons. The van der Waals surface area contributed by atoms with E-state index in [1.54, 1.807) is 0 Å². The fourth-order valence-electron chi connectivity index (χ4n) is 3.74. The van der Waals surface area contributed by atoms with Crippen LogP contribution < -0.4 is 14.5 Å². The topological polar surface area (TPSA) is 71.0 Å². The molecule has 0 bridgehead atoms. The van der Waals surface area contributed by atoms with Gasteiger partial charge in [0, 0.05) is 51.0 Å². The normalized spacial score (nSPS) is 17.2. The molecule has 1 amide bonds. The molecule has 3 heterocycles. The molecule has 0 spiro atoms. The Balaban J connectivity index is 1.33. The number of hydrogen-bond donors (Lipinski definition) is 0. The summed E-state index contributed by atoms with van der Waals surface area (Å²) in [7, 11) is 0. The van der Waals surface area contributed by atoms with Crippen LogP contribution in [0.25, 0.3) is 0 Å². The van der Waals surface area contributed by atoms with Crippen molar-refractivity contribution in [2.75, 3.05) is 68.9 Å². The largest absolute Gasteiger partial charge is 0.484 e. The fraction of sp³-hybridized carbons (Fsp3) is 0.500. The Morgan fingerprint density at radius 2 is 1.73 bits per heavy atom. The van der Waals surface area contributed by atoms with E-state index in [0.29, 0.717) is 26.2 Å². The standard InChI is InChI=1S/C22H29N5O3/c1-17-5-3-4-6-19(17)30-16-21(28)26-7-9-27(10-8-26)22-23-18(2)15-20(24-22)25-11-13-29-14-12-25/h3-6,15H,7-14,16H2,1-2H3. The van der Waals surface area contributed by atoms with Crippen LogP contribution in [0.4, 0.5) is 11.8 Å². The fourth-order valence-corrected chi connectivity index (χ4v) is 3.74. The van der Waals surface area contributed by atoms with E-state index in [1.165, 1.54) is 0 Å². The van der Waals surface area contributed by atoms with Gasteiger partial charge in [-0.2, -0.15) is 4.98 Å². The number of morpholine rings is 1. The number of amides is 1. The van der Waals surface area contributed by atoms with Gasteiger partial charge in [-0.15, -0.1) is 0 Å². The molecule has 2 aliphatic heterocycles. The van der Waals surface area contributed by atoms with Crippen LogP contribution >= 0.6 is 0 Å². The SMILES string of the molecule is Cc1cc(N2CCOCC2)nc(N2CCN(C(=O)COc3ccccc3C)CC2)n1. The van der Waals surface area contributed by atoms with Gasteiger partial charge in [-0.1, -0.05) is 18.2 Å². The summed E-state index contributed by atoms with van der Waals surface area (Å²) in [5.41, 5.74) is 1.98. The first-order valence-corrected chi connectivity index (χ1v) is 10.5. The van der Waals surface area contributed by atoms with Gasteiger partial charge in [-0.05, 0) is 25.5 Å². The number of para-hydroxylation sites is 1. The smallest absolute Gasteiger partial charge is 0.260 e. The summed E-state index contributed by atoms with van der Waals surface area (Å²) in [5, 5.41) is 0. The summed E-state index contributed by atoms with van der Waals surface area (Å²) in [6, 6.07) is 9.77. The first-order chi connectivity index (χ1) is 14.6. The lowest BCUT2D eigenvalue weighted by molar-refractivity contribution is -0.133. The molecule has 2 aliphatic rings. The molecule has 2 aromatic rings. The minimum atomic E-state index is 0.0112. The molecule has 2 fully saturated rings. The highest BCUT2D eigenvalue weighted by atomic mass is 16.5. The van der Waals surface area contributed by atoms with E-state index >= 15 is 0 Å². The zero-order valence-electron chi connectivity index (χ0n) is 17.7. The number of piperazine rings is 1. The monoisotopic (exact) mass is 411 g/mol. The second kappa shape index (κ2) is 9.30. The number of rotatable bonds is 5. The average Bonchev–Trinajstić information content (AvgIpc) is 2.78. The molecule has 8 nitrogen and oxygen atoms in total. The van der Waals surface area contributed by atoms with E-state index in [2.05, 4.69) is 14.8 Å². The van der Waals surface area contributed by atoms with Gasteiger partial charge in [0.15, 0.2) is 6.61 Å². The molecule has 4 rings (SSSR count). The van der Waals surface area contributed by atoms with Crippen LogP contribution in [0.1, 0.15) is 11.3 Å². The third-order valence-corrected chi connectivity index (χ3v) is 5.52. The van der Waals surface area contributed by atoms with Gasteiger partial charge in [0.05, 0.1) is 13.2 Å². The number of aryl methyl sites for hydroxylation is 2. The van der Waals surface area contributed by atoms with Crippen LogP contribution in [-0.4, -0.2) is 79.9 Å². The van der Waals surface area contributed by atoms with Crippen LogP contribution in [0, 0.1) is 13.8 Å². The van der Waals surface area contributed by atoms with Gasteiger partial charge in [-0.3, -0.25) is 4.79 Å². The highest BCUT2D eigenvalue weighted by Gasteiger charge is 2.24. The molecule has 0 atom stereocenters. The van der Waals surface area contributed by atoms with E-state index < -0.39 is 0 Å². The van der Waals surface area contributed by atoms with E-state index in [1.807, 2.05) is 49.1 Å². The zero-order chi connectivity index (χ0) is 20.9. The molecular weight excluding hydrogens is 382 g/mol. The van der Waals surface area contributed by atoms with E-state index in [4.69, 9.17) is 14.5 Å². The molecule has 0 radical (unpaired) electrons. The van der Waals surface area contributed by atoms with Crippen molar-refractivity contribution in [1.82, 2.24) is 14.9 Å². The molecule has 0 N–H and O–H groups in total. The summed E-state index contributed by atoms with van der Waals surface area (Å²) < 4.78 is 11.2. The van der Waals surface area contributed by atoms with Crippen molar-refractivity contribution < 1.29 is 14.3 Å². The zero-order valence-corrected chi connectivity index (χ0v) is 17.7. The highest BCUT2D eigenvalue weighted by Crippen LogP contribution is 2.20. The molecule has 0 saturated carbocycles. The van der Waals surface area contributed by atoms with E-state index in [9.17, 15) is 4.79 Å². The Morgan fingerprint density at radius 3 is 2.47 bits per heavy atom. The first kappa shape index (κ1) is 20.4. The summed E-state index contributed by atoms with van der Waals surface area (Å²) in [4.78, 5) is 28.3. The second-order valence-electron chi connectivity index (χ2n) is 7.69. The molecule has 2 saturated heterocycles. The predicted octanol–water partition coefficient (Wildman–Crippen LogP) is 1.66. The summed E-state index contributed by atoms with van der Waals surface area (Å²) in [6.45, 7) is 9.88. The van der Waals surface area contributed by atoms with Gasteiger partial charge < -0.3 is 24.2 Å². The lowest BCUT2D eigenvalue weighted by atomic mass is 10.2. The van der Waals surface area contributed by atoms with Crippen LogP contribution in [-0.2, 0) is 9.53 Å². The van der Waals surface area contributed by atoms with Gasteiger partial charge in [0.2, 0.25) is 5.95 Å². The molecule has 0 aliphatic carbocycles. The highest BCUT2D eigenvalue weighted by molar-refractivity contribution is 5.78. The van der Waals surface area contributed by atoms with Crippen LogP contribution in [0.5, 0.6) is 5.75 Å².